The van der Waals surface area contributed by atoms with Gasteiger partial charge in [0.05, 0.1) is 12.5 Å². The predicted octanol–water partition coefficient (Wildman–Crippen LogP) is 1.44. The lowest BCUT2D eigenvalue weighted by Gasteiger charge is -2.03. The summed E-state index contributed by atoms with van der Waals surface area (Å²) in [6, 6.07) is 1.81. The van der Waals surface area contributed by atoms with Crippen molar-refractivity contribution in [3.63, 3.8) is 0 Å². The van der Waals surface area contributed by atoms with E-state index >= 15 is 0 Å². The van der Waals surface area contributed by atoms with E-state index in [4.69, 9.17) is 4.42 Å². The number of rotatable bonds is 3. The molecule has 0 saturated heterocycles. The van der Waals surface area contributed by atoms with Gasteiger partial charge in [-0.3, -0.25) is 0 Å². The topological polar surface area (TPSA) is 74.9 Å². The molecule has 0 aromatic carbocycles. The van der Waals surface area contributed by atoms with Gasteiger partial charge in [-0.25, -0.2) is 0 Å². The molecule has 5 nitrogen and oxygen atoms in total. The Morgan fingerprint density at radius 1 is 1.64 bits per heavy atom. The lowest BCUT2D eigenvalue weighted by molar-refractivity contribution is 0.173. The third kappa shape index (κ3) is 2.02. The molecule has 2 aromatic rings. The standard InChI is InChI=1S/C8H8BrN3O2/c9-8-2-5(4-14-8)1-7(13)6-3-10-12-11-6/h2-4,7,13H,1H2,(H,10,11,12). The third-order valence-corrected chi connectivity index (χ3v) is 2.24. The number of hydrogen-bond acceptors (Lipinski definition) is 4. The zero-order chi connectivity index (χ0) is 9.97. The van der Waals surface area contributed by atoms with Crippen LogP contribution in [0.4, 0.5) is 0 Å². The van der Waals surface area contributed by atoms with Crippen molar-refractivity contribution in [3.8, 4) is 0 Å². The first-order chi connectivity index (χ1) is 6.75. The molecule has 2 N–H and O–H groups in total. The van der Waals surface area contributed by atoms with Crippen LogP contribution >= 0.6 is 15.9 Å². The number of nitrogens with one attached hydrogen (secondary N) is 1. The summed E-state index contributed by atoms with van der Waals surface area (Å²) in [6.07, 6.45) is 2.90. The van der Waals surface area contributed by atoms with Crippen LogP contribution in [0.2, 0.25) is 0 Å². The van der Waals surface area contributed by atoms with Crippen LogP contribution in [0.25, 0.3) is 0 Å². The van der Waals surface area contributed by atoms with Crippen molar-refractivity contribution in [3.05, 3.63) is 34.5 Å². The van der Waals surface area contributed by atoms with Crippen molar-refractivity contribution in [2.24, 2.45) is 0 Å². The summed E-state index contributed by atoms with van der Waals surface area (Å²) < 4.78 is 5.70. The number of furan rings is 1. The minimum atomic E-state index is -0.654. The number of hydrogen-bond donors (Lipinski definition) is 2. The maximum absolute atomic E-state index is 9.69. The largest absolute Gasteiger partial charge is 0.457 e. The van der Waals surface area contributed by atoms with E-state index in [1.54, 1.807) is 6.26 Å². The Hall–Kier alpha value is -1.14. The number of aromatic amines is 1. The quantitative estimate of drug-likeness (QED) is 0.873. The van der Waals surface area contributed by atoms with Crippen molar-refractivity contribution in [2.75, 3.05) is 0 Å². The molecule has 0 fully saturated rings. The van der Waals surface area contributed by atoms with E-state index in [1.165, 1.54) is 6.20 Å². The van der Waals surface area contributed by atoms with Crippen molar-refractivity contribution < 1.29 is 9.52 Å². The molecule has 2 aromatic heterocycles. The Kier molecular flexibility index (Phi) is 2.64. The highest BCUT2D eigenvalue weighted by molar-refractivity contribution is 9.10. The average Bonchev–Trinajstić information content (AvgIpc) is 2.75. The van der Waals surface area contributed by atoms with Gasteiger partial charge in [0.2, 0.25) is 0 Å². The minimum Gasteiger partial charge on any atom is -0.457 e. The van der Waals surface area contributed by atoms with E-state index in [2.05, 4.69) is 31.3 Å². The van der Waals surface area contributed by atoms with Gasteiger partial charge >= 0.3 is 0 Å². The van der Waals surface area contributed by atoms with Crippen molar-refractivity contribution in [2.45, 2.75) is 12.5 Å². The Morgan fingerprint density at radius 3 is 3.07 bits per heavy atom. The molecule has 0 radical (unpaired) electrons. The summed E-state index contributed by atoms with van der Waals surface area (Å²) in [6.45, 7) is 0. The highest BCUT2D eigenvalue weighted by atomic mass is 79.9. The van der Waals surface area contributed by atoms with Crippen LogP contribution in [-0.4, -0.2) is 20.5 Å². The van der Waals surface area contributed by atoms with Gasteiger partial charge < -0.3 is 9.52 Å². The second-order valence-corrected chi connectivity index (χ2v) is 3.66. The monoisotopic (exact) mass is 257 g/mol. The molecule has 0 saturated carbocycles. The fourth-order valence-electron chi connectivity index (χ4n) is 1.15. The third-order valence-electron chi connectivity index (χ3n) is 1.83. The number of H-pyrrole nitrogens is 1. The first-order valence-electron chi connectivity index (χ1n) is 4.02. The SMILES string of the molecule is OC(Cc1coc(Br)c1)c1cn[nH]n1. The zero-order valence-electron chi connectivity index (χ0n) is 7.14. The van der Waals surface area contributed by atoms with E-state index < -0.39 is 6.10 Å². The van der Waals surface area contributed by atoms with Crippen LogP contribution in [-0.2, 0) is 6.42 Å². The number of aliphatic hydroxyl groups is 1. The number of halogens is 1. The van der Waals surface area contributed by atoms with E-state index in [0.717, 1.165) is 5.56 Å². The zero-order valence-corrected chi connectivity index (χ0v) is 8.73. The van der Waals surface area contributed by atoms with Crippen LogP contribution < -0.4 is 0 Å². The molecule has 74 valence electrons. The van der Waals surface area contributed by atoms with E-state index in [-0.39, 0.29) is 0 Å². The molecule has 1 atom stereocenters. The first-order valence-corrected chi connectivity index (χ1v) is 4.81. The number of aromatic nitrogens is 3. The van der Waals surface area contributed by atoms with Crippen LogP contribution in [0.3, 0.4) is 0 Å². The Labute approximate surface area is 88.3 Å². The van der Waals surface area contributed by atoms with Gasteiger partial charge in [-0.1, -0.05) is 0 Å². The van der Waals surface area contributed by atoms with Gasteiger partial charge in [-0.15, -0.1) is 0 Å². The number of nitrogens with zero attached hydrogens (tertiary/aromatic N) is 2. The molecule has 0 amide bonds. The molecule has 0 aliphatic carbocycles. The smallest absolute Gasteiger partial charge is 0.169 e. The molecule has 0 aliphatic rings. The Balaban J connectivity index is 2.05. The summed E-state index contributed by atoms with van der Waals surface area (Å²) in [5, 5.41) is 19.6. The summed E-state index contributed by atoms with van der Waals surface area (Å²) in [5.41, 5.74) is 1.44. The fraction of sp³-hybridized carbons (Fsp3) is 0.250. The van der Waals surface area contributed by atoms with Crippen molar-refractivity contribution >= 4 is 15.9 Å². The minimum absolute atomic E-state index is 0.460. The molecular formula is C8H8BrN3O2. The highest BCUT2D eigenvalue weighted by Gasteiger charge is 2.12. The van der Waals surface area contributed by atoms with Crippen LogP contribution in [0.1, 0.15) is 17.4 Å². The molecular weight excluding hydrogens is 250 g/mol. The summed E-state index contributed by atoms with van der Waals surface area (Å²) in [7, 11) is 0. The maximum atomic E-state index is 9.69. The Morgan fingerprint density at radius 2 is 2.50 bits per heavy atom. The molecule has 0 spiro atoms. The number of aliphatic hydroxyl groups excluding tert-OH is 1. The molecule has 6 heteroatoms. The van der Waals surface area contributed by atoms with E-state index in [0.29, 0.717) is 16.8 Å². The van der Waals surface area contributed by atoms with Crippen LogP contribution in [0, 0.1) is 0 Å². The second-order valence-electron chi connectivity index (χ2n) is 2.87. The predicted molar refractivity (Wildman–Crippen MR) is 51.5 cm³/mol. The normalized spacial score (nSPS) is 13.0. The van der Waals surface area contributed by atoms with Gasteiger partial charge in [-0.2, -0.15) is 15.4 Å². The molecule has 0 aliphatic heterocycles. The van der Waals surface area contributed by atoms with E-state index in [9.17, 15) is 5.11 Å². The van der Waals surface area contributed by atoms with Gasteiger partial charge in [0.15, 0.2) is 4.67 Å². The van der Waals surface area contributed by atoms with Crippen LogP contribution in [0.5, 0.6) is 0 Å². The van der Waals surface area contributed by atoms with Gasteiger partial charge in [-0.05, 0) is 27.6 Å². The van der Waals surface area contributed by atoms with Crippen molar-refractivity contribution in [1.82, 2.24) is 15.4 Å². The first kappa shape index (κ1) is 9.42. The molecule has 14 heavy (non-hydrogen) atoms. The molecule has 2 heterocycles. The summed E-state index contributed by atoms with van der Waals surface area (Å²) in [4.78, 5) is 0. The molecule has 0 bridgehead atoms. The average molecular weight is 258 g/mol. The summed E-state index contributed by atoms with van der Waals surface area (Å²) >= 11 is 3.19. The molecule has 2 rings (SSSR count). The maximum Gasteiger partial charge on any atom is 0.169 e. The van der Waals surface area contributed by atoms with Gasteiger partial charge in [0, 0.05) is 6.42 Å². The molecule has 1 unspecified atom stereocenters. The highest BCUT2D eigenvalue weighted by Crippen LogP contribution is 2.19. The Bertz CT molecular complexity index is 398. The van der Waals surface area contributed by atoms with Crippen LogP contribution in [0.15, 0.2) is 27.6 Å². The van der Waals surface area contributed by atoms with Gasteiger partial charge in [0.1, 0.15) is 11.8 Å². The van der Waals surface area contributed by atoms with Gasteiger partial charge in [0.25, 0.3) is 0 Å². The summed E-state index contributed by atoms with van der Waals surface area (Å²) in [5.74, 6) is 0. The second kappa shape index (κ2) is 3.93. The van der Waals surface area contributed by atoms with Crippen molar-refractivity contribution in [1.29, 1.82) is 0 Å². The lowest BCUT2D eigenvalue weighted by Crippen LogP contribution is -2.01. The van der Waals surface area contributed by atoms with E-state index in [1.807, 2.05) is 6.07 Å². The fourth-order valence-corrected chi connectivity index (χ4v) is 1.54. The lowest BCUT2D eigenvalue weighted by atomic mass is 10.1.